The summed E-state index contributed by atoms with van der Waals surface area (Å²) in [7, 11) is 0. The summed E-state index contributed by atoms with van der Waals surface area (Å²) in [6.07, 6.45) is 1.91. The Morgan fingerprint density at radius 3 is 2.47 bits per heavy atom. The van der Waals surface area contributed by atoms with Gasteiger partial charge in [-0.2, -0.15) is 5.10 Å². The van der Waals surface area contributed by atoms with Crippen molar-refractivity contribution in [2.75, 3.05) is 18.4 Å². The highest BCUT2D eigenvalue weighted by molar-refractivity contribution is 6.04. The van der Waals surface area contributed by atoms with Crippen molar-refractivity contribution in [3.8, 4) is 5.69 Å². The molecule has 2 aromatic heterocycles. The van der Waals surface area contributed by atoms with E-state index in [9.17, 15) is 9.59 Å². The lowest BCUT2D eigenvalue weighted by Crippen LogP contribution is -2.33. The Morgan fingerprint density at radius 1 is 1.00 bits per heavy atom. The van der Waals surface area contributed by atoms with E-state index >= 15 is 0 Å². The van der Waals surface area contributed by atoms with E-state index in [-0.39, 0.29) is 11.8 Å². The van der Waals surface area contributed by atoms with Crippen molar-refractivity contribution in [2.45, 2.75) is 27.3 Å². The van der Waals surface area contributed by atoms with Crippen molar-refractivity contribution < 1.29 is 9.59 Å². The molecule has 0 saturated heterocycles. The van der Waals surface area contributed by atoms with Crippen molar-refractivity contribution >= 4 is 28.4 Å². The van der Waals surface area contributed by atoms with Crippen LogP contribution < -0.4 is 5.32 Å². The topological polar surface area (TPSA) is 72.2 Å². The van der Waals surface area contributed by atoms with Crippen LogP contribution in [-0.2, 0) is 11.3 Å². The maximum atomic E-state index is 12.8. The molecule has 0 aliphatic heterocycles. The van der Waals surface area contributed by atoms with Crippen molar-refractivity contribution in [3.63, 3.8) is 0 Å². The Labute approximate surface area is 187 Å². The Bertz CT molecular complexity index is 1250. The number of hydrogen-bond acceptors (Lipinski definition) is 3. The zero-order valence-electron chi connectivity index (χ0n) is 18.6. The smallest absolute Gasteiger partial charge is 0.276 e. The quantitative estimate of drug-likeness (QED) is 0.477. The molecule has 0 bridgehead atoms. The number of amides is 2. The minimum Gasteiger partial charge on any atom is -0.342 e. The first kappa shape index (κ1) is 21.4. The molecular formula is C25H27N5O2. The molecule has 32 heavy (non-hydrogen) atoms. The van der Waals surface area contributed by atoms with E-state index in [0.29, 0.717) is 31.0 Å². The van der Waals surface area contributed by atoms with Gasteiger partial charge in [0.05, 0.1) is 5.69 Å². The summed E-state index contributed by atoms with van der Waals surface area (Å²) in [6.45, 7) is 7.58. The molecule has 0 fully saturated rings. The number of nitrogens with one attached hydrogen (secondary N) is 1. The number of anilines is 1. The van der Waals surface area contributed by atoms with E-state index < -0.39 is 0 Å². The molecule has 0 aliphatic carbocycles. The molecule has 0 radical (unpaired) electrons. The first-order chi connectivity index (χ1) is 15.5. The maximum Gasteiger partial charge on any atom is 0.276 e. The summed E-state index contributed by atoms with van der Waals surface area (Å²) >= 11 is 0. The molecule has 0 atom stereocenters. The van der Waals surface area contributed by atoms with Gasteiger partial charge in [-0.05, 0) is 63.2 Å². The number of rotatable bonds is 7. The molecule has 164 valence electrons. The molecule has 2 amide bonds. The van der Waals surface area contributed by atoms with Crippen LogP contribution >= 0.6 is 0 Å². The summed E-state index contributed by atoms with van der Waals surface area (Å²) in [4.78, 5) is 27.1. The maximum absolute atomic E-state index is 12.8. The minimum absolute atomic E-state index is 0.0919. The number of likely N-dealkylation sites (N-methyl/N-ethyl adjacent to an activating group) is 1. The molecule has 1 N–H and O–H groups in total. The highest BCUT2D eigenvalue weighted by Gasteiger charge is 2.15. The van der Waals surface area contributed by atoms with Crippen molar-refractivity contribution in [3.05, 3.63) is 78.2 Å². The minimum atomic E-state index is -0.265. The number of carbonyl (C=O) groups is 2. The van der Waals surface area contributed by atoms with E-state index in [0.717, 1.165) is 22.3 Å². The van der Waals surface area contributed by atoms with Crippen LogP contribution in [-0.4, -0.2) is 44.2 Å². The number of hydrogen-bond donors (Lipinski definition) is 1. The van der Waals surface area contributed by atoms with Crippen LogP contribution in [0.4, 0.5) is 5.69 Å². The zero-order valence-corrected chi connectivity index (χ0v) is 18.6. The molecular weight excluding hydrogens is 402 g/mol. The normalized spacial score (nSPS) is 11.0. The Morgan fingerprint density at radius 2 is 1.75 bits per heavy atom. The zero-order chi connectivity index (χ0) is 22.7. The third kappa shape index (κ3) is 4.27. The summed E-state index contributed by atoms with van der Waals surface area (Å²) in [5.41, 5.74) is 3.78. The number of fused-ring (bicyclic) bond motifs is 1. The van der Waals surface area contributed by atoms with E-state index in [1.165, 1.54) is 0 Å². The van der Waals surface area contributed by atoms with Crippen LogP contribution in [0.25, 0.3) is 16.6 Å². The lowest BCUT2D eigenvalue weighted by molar-refractivity contribution is -0.131. The molecule has 7 heteroatoms. The van der Waals surface area contributed by atoms with E-state index in [1.54, 1.807) is 10.7 Å². The van der Waals surface area contributed by atoms with E-state index in [1.807, 2.05) is 91.0 Å². The molecule has 2 aromatic carbocycles. The number of para-hydroxylation sites is 1. The second kappa shape index (κ2) is 9.09. The molecule has 0 aliphatic rings. The van der Waals surface area contributed by atoms with Gasteiger partial charge in [0.15, 0.2) is 5.69 Å². The van der Waals surface area contributed by atoms with E-state index in [2.05, 4.69) is 10.4 Å². The van der Waals surface area contributed by atoms with Gasteiger partial charge in [-0.25, -0.2) is 4.68 Å². The third-order valence-electron chi connectivity index (χ3n) is 5.57. The van der Waals surface area contributed by atoms with Crippen molar-refractivity contribution in [1.82, 2.24) is 19.2 Å². The Balaban J connectivity index is 1.50. The van der Waals surface area contributed by atoms with Crippen LogP contribution in [0.2, 0.25) is 0 Å². The van der Waals surface area contributed by atoms with Gasteiger partial charge in [-0.15, -0.1) is 0 Å². The predicted molar refractivity (Wildman–Crippen MR) is 126 cm³/mol. The molecule has 4 aromatic rings. The number of aromatic nitrogens is 3. The highest BCUT2D eigenvalue weighted by atomic mass is 16.2. The summed E-state index contributed by atoms with van der Waals surface area (Å²) in [5.74, 6) is -0.174. The van der Waals surface area contributed by atoms with Crippen LogP contribution in [0.1, 0.15) is 30.0 Å². The monoisotopic (exact) mass is 429 g/mol. The standard InChI is InChI=1S/C25H27N5O2/c1-4-28(5-2)24(31)17-29-14-13-19-16-20(11-12-23(19)29)26-25(32)22-15-18(3)30(27-22)21-9-7-6-8-10-21/h6-16H,4-5,17H2,1-3H3,(H,26,32). The number of nitrogens with zero attached hydrogens (tertiary/aromatic N) is 4. The Hall–Kier alpha value is -3.87. The second-order valence-electron chi connectivity index (χ2n) is 7.66. The fourth-order valence-electron chi connectivity index (χ4n) is 3.85. The van der Waals surface area contributed by atoms with Crippen LogP contribution in [0, 0.1) is 6.92 Å². The molecule has 0 unspecified atom stereocenters. The molecule has 2 heterocycles. The molecule has 4 rings (SSSR count). The number of aryl methyl sites for hydroxylation is 1. The van der Waals surface area contributed by atoms with Gasteiger partial charge in [0, 0.05) is 41.6 Å². The van der Waals surface area contributed by atoms with Gasteiger partial charge in [-0.3, -0.25) is 9.59 Å². The second-order valence-corrected chi connectivity index (χ2v) is 7.66. The number of carbonyl (C=O) groups excluding carboxylic acids is 2. The average Bonchev–Trinajstić information content (AvgIpc) is 3.38. The van der Waals surface area contributed by atoms with Crippen LogP contribution in [0.5, 0.6) is 0 Å². The lowest BCUT2D eigenvalue weighted by atomic mass is 10.2. The average molecular weight is 430 g/mol. The summed E-state index contributed by atoms with van der Waals surface area (Å²) in [6, 6.07) is 19.1. The van der Waals surface area contributed by atoms with Gasteiger partial charge < -0.3 is 14.8 Å². The Kier molecular flexibility index (Phi) is 6.07. The largest absolute Gasteiger partial charge is 0.342 e. The van der Waals surface area contributed by atoms with Crippen molar-refractivity contribution in [1.29, 1.82) is 0 Å². The first-order valence-corrected chi connectivity index (χ1v) is 10.8. The van der Waals surface area contributed by atoms with Crippen LogP contribution in [0.15, 0.2) is 66.9 Å². The van der Waals surface area contributed by atoms with Gasteiger partial charge >= 0.3 is 0 Å². The molecule has 0 saturated carbocycles. The third-order valence-corrected chi connectivity index (χ3v) is 5.57. The highest BCUT2D eigenvalue weighted by Crippen LogP contribution is 2.22. The van der Waals surface area contributed by atoms with E-state index in [4.69, 9.17) is 0 Å². The lowest BCUT2D eigenvalue weighted by Gasteiger charge is -2.19. The fourth-order valence-corrected chi connectivity index (χ4v) is 3.85. The fraction of sp³-hybridized carbons (Fsp3) is 0.240. The van der Waals surface area contributed by atoms with Gasteiger partial charge in [-0.1, -0.05) is 18.2 Å². The SMILES string of the molecule is CCN(CC)C(=O)Cn1ccc2cc(NC(=O)c3cc(C)n(-c4ccccc4)n3)ccc21. The van der Waals surface area contributed by atoms with Gasteiger partial charge in [0.1, 0.15) is 6.54 Å². The van der Waals surface area contributed by atoms with Crippen molar-refractivity contribution in [2.24, 2.45) is 0 Å². The van der Waals surface area contributed by atoms with Crippen LogP contribution in [0.3, 0.4) is 0 Å². The predicted octanol–water partition coefficient (Wildman–Crippen LogP) is 4.26. The summed E-state index contributed by atoms with van der Waals surface area (Å²) < 4.78 is 3.69. The number of benzene rings is 2. The van der Waals surface area contributed by atoms with Gasteiger partial charge in [0.25, 0.3) is 5.91 Å². The first-order valence-electron chi connectivity index (χ1n) is 10.8. The molecule has 7 nitrogen and oxygen atoms in total. The summed E-state index contributed by atoms with van der Waals surface area (Å²) in [5, 5.41) is 8.36. The molecule has 0 spiro atoms. The van der Waals surface area contributed by atoms with Gasteiger partial charge in [0.2, 0.25) is 5.91 Å².